The molecule has 0 bridgehead atoms. The number of nitro benzene ring substituents is 1. The molecule has 0 amide bonds. The second-order valence-corrected chi connectivity index (χ2v) is 6.91. The average molecular weight is 361 g/mol. The Labute approximate surface area is 159 Å². The molecule has 0 spiro atoms. The molecule has 138 valence electrons. The largest absolute Gasteiger partial charge is 0.318 e. The highest BCUT2D eigenvalue weighted by molar-refractivity contribution is 5.84. The van der Waals surface area contributed by atoms with Crippen LogP contribution in [0.2, 0.25) is 0 Å². The lowest BCUT2D eigenvalue weighted by Gasteiger charge is -2.09. The predicted molar refractivity (Wildman–Crippen MR) is 110 cm³/mol. The van der Waals surface area contributed by atoms with Crippen LogP contribution in [-0.4, -0.2) is 15.7 Å². The zero-order chi connectivity index (χ0) is 19.6. The SMILES string of the molecule is Cc1cc(C=Nc2ccccc2C(C)C)c(C)n1-c1cccc([N+](=O)[O-])c1. The van der Waals surface area contributed by atoms with Gasteiger partial charge in [0.2, 0.25) is 0 Å². The van der Waals surface area contributed by atoms with E-state index in [-0.39, 0.29) is 10.6 Å². The highest BCUT2D eigenvalue weighted by atomic mass is 16.6. The molecule has 3 rings (SSSR count). The standard InChI is InChI=1S/C22H23N3O2/c1-15(2)21-10-5-6-11-22(21)23-14-18-12-16(3)24(17(18)4)19-8-7-9-20(13-19)25(26)27/h5-15H,1-4H3. The van der Waals surface area contributed by atoms with Gasteiger partial charge in [0.15, 0.2) is 0 Å². The van der Waals surface area contributed by atoms with Crippen molar-refractivity contribution >= 4 is 17.6 Å². The van der Waals surface area contributed by atoms with Crippen LogP contribution in [0.3, 0.4) is 0 Å². The molecule has 1 heterocycles. The molecule has 0 saturated carbocycles. The van der Waals surface area contributed by atoms with E-state index >= 15 is 0 Å². The smallest absolute Gasteiger partial charge is 0.271 e. The molecule has 0 unspecified atom stereocenters. The van der Waals surface area contributed by atoms with Gasteiger partial charge >= 0.3 is 0 Å². The van der Waals surface area contributed by atoms with Gasteiger partial charge in [-0.05, 0) is 43.5 Å². The number of aromatic nitrogens is 1. The van der Waals surface area contributed by atoms with Gasteiger partial charge in [0.05, 0.1) is 16.3 Å². The molecule has 0 radical (unpaired) electrons. The molecule has 27 heavy (non-hydrogen) atoms. The summed E-state index contributed by atoms with van der Waals surface area (Å²) >= 11 is 0. The fraction of sp³-hybridized carbons (Fsp3) is 0.227. The number of rotatable bonds is 5. The Bertz CT molecular complexity index is 1020. The average Bonchev–Trinajstić information content (AvgIpc) is 2.93. The third kappa shape index (κ3) is 3.82. The predicted octanol–water partition coefficient (Wildman–Crippen LogP) is 5.88. The van der Waals surface area contributed by atoms with E-state index in [9.17, 15) is 10.1 Å². The summed E-state index contributed by atoms with van der Waals surface area (Å²) in [5.74, 6) is 0.399. The monoisotopic (exact) mass is 361 g/mol. The number of benzene rings is 2. The first-order chi connectivity index (χ1) is 12.9. The van der Waals surface area contributed by atoms with E-state index in [4.69, 9.17) is 4.99 Å². The van der Waals surface area contributed by atoms with Crippen LogP contribution < -0.4 is 0 Å². The van der Waals surface area contributed by atoms with Crippen LogP contribution in [0.25, 0.3) is 5.69 Å². The second kappa shape index (κ2) is 7.58. The maximum Gasteiger partial charge on any atom is 0.271 e. The summed E-state index contributed by atoms with van der Waals surface area (Å²) in [6.45, 7) is 8.30. The first kappa shape index (κ1) is 18.6. The van der Waals surface area contributed by atoms with Crippen molar-refractivity contribution in [3.8, 4) is 5.69 Å². The summed E-state index contributed by atoms with van der Waals surface area (Å²) in [4.78, 5) is 15.4. The summed E-state index contributed by atoms with van der Waals surface area (Å²) in [5.41, 5.74) is 6.04. The maximum absolute atomic E-state index is 11.1. The number of hydrogen-bond donors (Lipinski definition) is 0. The third-order valence-electron chi connectivity index (χ3n) is 4.67. The summed E-state index contributed by atoms with van der Waals surface area (Å²) in [7, 11) is 0. The normalized spacial score (nSPS) is 11.4. The third-order valence-corrected chi connectivity index (χ3v) is 4.67. The minimum atomic E-state index is -0.372. The molecule has 0 aliphatic rings. The summed E-state index contributed by atoms with van der Waals surface area (Å²) in [6.07, 6.45) is 1.87. The molecule has 0 N–H and O–H groups in total. The fourth-order valence-corrected chi connectivity index (χ4v) is 3.29. The van der Waals surface area contributed by atoms with Gasteiger partial charge in [-0.15, -0.1) is 0 Å². The Kier molecular flexibility index (Phi) is 5.21. The van der Waals surface area contributed by atoms with Gasteiger partial charge in [-0.25, -0.2) is 0 Å². The van der Waals surface area contributed by atoms with E-state index in [0.717, 1.165) is 28.3 Å². The molecule has 5 nitrogen and oxygen atoms in total. The van der Waals surface area contributed by atoms with Crippen molar-refractivity contribution in [3.05, 3.63) is 87.2 Å². The number of para-hydroxylation sites is 1. The number of hydrogen-bond acceptors (Lipinski definition) is 3. The van der Waals surface area contributed by atoms with Crippen LogP contribution in [0.4, 0.5) is 11.4 Å². The van der Waals surface area contributed by atoms with Crippen molar-refractivity contribution in [3.63, 3.8) is 0 Å². The van der Waals surface area contributed by atoms with E-state index in [1.165, 1.54) is 11.6 Å². The number of aliphatic imine (C=N–C) groups is 1. The van der Waals surface area contributed by atoms with Crippen LogP contribution in [0.1, 0.15) is 42.3 Å². The molecule has 1 aromatic heterocycles. The van der Waals surface area contributed by atoms with Gasteiger partial charge in [0, 0.05) is 35.3 Å². The minimum absolute atomic E-state index is 0.0843. The molecule has 5 heteroatoms. The number of nitro groups is 1. The van der Waals surface area contributed by atoms with Gasteiger partial charge < -0.3 is 4.57 Å². The lowest BCUT2D eigenvalue weighted by atomic mass is 10.0. The van der Waals surface area contributed by atoms with Crippen LogP contribution >= 0.6 is 0 Å². The van der Waals surface area contributed by atoms with Crippen LogP contribution in [0.15, 0.2) is 59.6 Å². The Morgan fingerprint density at radius 2 is 1.81 bits per heavy atom. The first-order valence-electron chi connectivity index (χ1n) is 8.95. The van der Waals surface area contributed by atoms with E-state index in [1.807, 2.05) is 48.9 Å². The van der Waals surface area contributed by atoms with Crippen LogP contribution in [0, 0.1) is 24.0 Å². The Morgan fingerprint density at radius 3 is 2.52 bits per heavy atom. The van der Waals surface area contributed by atoms with E-state index < -0.39 is 0 Å². The number of aryl methyl sites for hydroxylation is 1. The highest BCUT2D eigenvalue weighted by Gasteiger charge is 2.13. The Hall–Kier alpha value is -3.21. The quantitative estimate of drug-likeness (QED) is 0.324. The van der Waals surface area contributed by atoms with Crippen LogP contribution in [0.5, 0.6) is 0 Å². The van der Waals surface area contributed by atoms with E-state index in [1.54, 1.807) is 12.1 Å². The molecule has 2 aromatic carbocycles. The first-order valence-corrected chi connectivity index (χ1v) is 8.95. The van der Waals surface area contributed by atoms with Crippen molar-refractivity contribution in [2.75, 3.05) is 0 Å². The Balaban J connectivity index is 2.00. The van der Waals surface area contributed by atoms with Gasteiger partial charge in [0.25, 0.3) is 5.69 Å². The molecule has 3 aromatic rings. The molecule has 0 fully saturated rings. The molecule has 0 saturated heterocycles. The Morgan fingerprint density at radius 1 is 1.07 bits per heavy atom. The summed E-state index contributed by atoms with van der Waals surface area (Å²) in [6, 6.07) is 16.9. The number of nitrogens with zero attached hydrogens (tertiary/aromatic N) is 3. The second-order valence-electron chi connectivity index (χ2n) is 6.91. The van der Waals surface area contributed by atoms with Crippen molar-refractivity contribution in [2.45, 2.75) is 33.6 Å². The fourth-order valence-electron chi connectivity index (χ4n) is 3.29. The van der Waals surface area contributed by atoms with Crippen LogP contribution in [-0.2, 0) is 0 Å². The van der Waals surface area contributed by atoms with Crippen molar-refractivity contribution in [2.24, 2.45) is 4.99 Å². The van der Waals surface area contributed by atoms with Gasteiger partial charge in [-0.3, -0.25) is 15.1 Å². The van der Waals surface area contributed by atoms with Gasteiger partial charge in [-0.1, -0.05) is 38.1 Å². The highest BCUT2D eigenvalue weighted by Crippen LogP contribution is 2.27. The minimum Gasteiger partial charge on any atom is -0.318 e. The maximum atomic E-state index is 11.1. The van der Waals surface area contributed by atoms with E-state index in [2.05, 4.69) is 26.0 Å². The van der Waals surface area contributed by atoms with Crippen molar-refractivity contribution in [1.82, 2.24) is 4.57 Å². The van der Waals surface area contributed by atoms with Gasteiger partial charge in [0.1, 0.15) is 0 Å². The zero-order valence-electron chi connectivity index (χ0n) is 16.0. The molecular weight excluding hydrogens is 338 g/mol. The van der Waals surface area contributed by atoms with Crippen molar-refractivity contribution in [1.29, 1.82) is 0 Å². The van der Waals surface area contributed by atoms with Crippen molar-refractivity contribution < 1.29 is 4.92 Å². The zero-order valence-corrected chi connectivity index (χ0v) is 16.0. The number of non-ortho nitro benzene ring substituents is 1. The molecular formula is C22H23N3O2. The summed E-state index contributed by atoms with van der Waals surface area (Å²) in [5, 5.41) is 11.1. The lowest BCUT2D eigenvalue weighted by Crippen LogP contribution is -2.00. The van der Waals surface area contributed by atoms with Gasteiger partial charge in [-0.2, -0.15) is 0 Å². The summed E-state index contributed by atoms with van der Waals surface area (Å²) < 4.78 is 2.02. The van der Waals surface area contributed by atoms with E-state index in [0.29, 0.717) is 5.92 Å². The lowest BCUT2D eigenvalue weighted by molar-refractivity contribution is -0.384. The molecule has 0 atom stereocenters. The molecule has 0 aliphatic heterocycles. The topological polar surface area (TPSA) is 60.4 Å². The molecule has 0 aliphatic carbocycles.